The molecule has 2 heterocycles. The average molecular weight is 482 g/mol. The lowest BCUT2D eigenvalue weighted by Crippen LogP contribution is -2.48. The fourth-order valence-corrected chi connectivity index (χ4v) is 4.91. The molecule has 1 aliphatic rings. The summed E-state index contributed by atoms with van der Waals surface area (Å²) in [6.07, 6.45) is 0. The fraction of sp³-hybridized carbons (Fsp3) is 0.500. The molecule has 1 aromatic carbocycles. The van der Waals surface area contributed by atoms with Crippen molar-refractivity contribution < 1.29 is 23.8 Å². The van der Waals surface area contributed by atoms with Gasteiger partial charge in [0, 0.05) is 39.8 Å². The van der Waals surface area contributed by atoms with Crippen molar-refractivity contribution in [2.75, 3.05) is 71.3 Å². The normalized spacial score (nSPS) is 13.7. The Morgan fingerprint density at radius 2 is 1.91 bits per heavy atom. The van der Waals surface area contributed by atoms with Crippen LogP contribution < -0.4 is 19.7 Å². The molecule has 1 N–H and O–H groups in total. The molecule has 1 saturated heterocycles. The lowest BCUT2D eigenvalue weighted by atomic mass is 10.1. The molecule has 12 heteroatoms. The molecular weight excluding hydrogens is 454 g/mol. The summed E-state index contributed by atoms with van der Waals surface area (Å²) in [4.78, 5) is 28.7. The van der Waals surface area contributed by atoms with Crippen LogP contribution in [0.5, 0.6) is 11.5 Å². The van der Waals surface area contributed by atoms with E-state index in [1.807, 2.05) is 0 Å². The second kappa shape index (κ2) is 11.9. The number of benzene rings is 1. The zero-order valence-electron chi connectivity index (χ0n) is 18.3. The number of ether oxygens (including phenoxy) is 3. The van der Waals surface area contributed by atoms with Crippen molar-refractivity contribution in [1.29, 1.82) is 0 Å². The van der Waals surface area contributed by atoms with E-state index in [9.17, 15) is 9.59 Å². The van der Waals surface area contributed by atoms with Gasteiger partial charge >= 0.3 is 0 Å². The third-order valence-electron chi connectivity index (χ3n) is 4.82. The van der Waals surface area contributed by atoms with Crippen LogP contribution in [0.1, 0.15) is 10.4 Å². The molecule has 2 amide bonds. The molecular formula is C20H27N5O5S2. The molecule has 0 radical (unpaired) electrons. The zero-order chi connectivity index (χ0) is 22.9. The number of methoxy groups -OCH3 is 3. The van der Waals surface area contributed by atoms with Gasteiger partial charge in [0.05, 0.1) is 32.1 Å². The van der Waals surface area contributed by atoms with Crippen molar-refractivity contribution >= 4 is 40.0 Å². The lowest BCUT2D eigenvalue weighted by molar-refractivity contribution is -0.118. The van der Waals surface area contributed by atoms with Gasteiger partial charge in [-0.2, -0.15) is 0 Å². The SMILES string of the molecule is COCCNC(=O)CSc1nnc(N2CCN(C(=O)c3cccc(OC)c3OC)CC2)s1. The van der Waals surface area contributed by atoms with Crippen LogP contribution in [0.25, 0.3) is 0 Å². The molecule has 32 heavy (non-hydrogen) atoms. The number of hydrogen-bond donors (Lipinski definition) is 1. The predicted molar refractivity (Wildman–Crippen MR) is 123 cm³/mol. The molecule has 2 aromatic rings. The number of anilines is 1. The van der Waals surface area contributed by atoms with Crippen LogP contribution in [0.2, 0.25) is 0 Å². The number of nitrogens with one attached hydrogen (secondary N) is 1. The minimum absolute atomic E-state index is 0.0658. The van der Waals surface area contributed by atoms with E-state index >= 15 is 0 Å². The summed E-state index contributed by atoms with van der Waals surface area (Å²) in [6, 6.07) is 5.29. The first-order valence-corrected chi connectivity index (χ1v) is 11.8. The van der Waals surface area contributed by atoms with E-state index < -0.39 is 0 Å². The Labute approximate surface area is 195 Å². The topological polar surface area (TPSA) is 106 Å². The van der Waals surface area contributed by atoms with Crippen LogP contribution in [0.4, 0.5) is 5.13 Å². The molecule has 0 aliphatic carbocycles. The highest BCUT2D eigenvalue weighted by Crippen LogP contribution is 2.32. The van der Waals surface area contributed by atoms with Gasteiger partial charge in [0.15, 0.2) is 15.8 Å². The van der Waals surface area contributed by atoms with Crippen LogP contribution in [0.15, 0.2) is 22.5 Å². The van der Waals surface area contributed by atoms with Gasteiger partial charge in [0.2, 0.25) is 11.0 Å². The minimum Gasteiger partial charge on any atom is -0.493 e. The maximum absolute atomic E-state index is 13.0. The molecule has 0 atom stereocenters. The first kappa shape index (κ1) is 24.1. The number of nitrogens with zero attached hydrogens (tertiary/aromatic N) is 4. The third-order valence-corrected chi connectivity index (χ3v) is 6.94. The van der Waals surface area contributed by atoms with Crippen molar-refractivity contribution in [2.45, 2.75) is 4.34 Å². The first-order chi connectivity index (χ1) is 15.6. The third kappa shape index (κ3) is 6.02. The van der Waals surface area contributed by atoms with Crippen molar-refractivity contribution in [3.05, 3.63) is 23.8 Å². The van der Waals surface area contributed by atoms with Crippen molar-refractivity contribution in [1.82, 2.24) is 20.4 Å². The monoisotopic (exact) mass is 481 g/mol. The molecule has 0 unspecified atom stereocenters. The van der Waals surface area contributed by atoms with E-state index in [0.29, 0.717) is 56.4 Å². The highest BCUT2D eigenvalue weighted by atomic mass is 32.2. The smallest absolute Gasteiger partial charge is 0.257 e. The van der Waals surface area contributed by atoms with Crippen LogP contribution in [0.3, 0.4) is 0 Å². The Balaban J connectivity index is 1.52. The van der Waals surface area contributed by atoms with E-state index in [1.54, 1.807) is 37.3 Å². The molecule has 0 bridgehead atoms. The molecule has 3 rings (SSSR count). The number of piperazine rings is 1. The minimum atomic E-state index is -0.0895. The summed E-state index contributed by atoms with van der Waals surface area (Å²) in [7, 11) is 4.67. The summed E-state index contributed by atoms with van der Waals surface area (Å²) >= 11 is 2.81. The van der Waals surface area contributed by atoms with Crippen LogP contribution >= 0.6 is 23.1 Å². The largest absolute Gasteiger partial charge is 0.493 e. The van der Waals surface area contributed by atoms with Gasteiger partial charge in [-0.3, -0.25) is 9.59 Å². The number of hydrogen-bond acceptors (Lipinski definition) is 10. The number of thioether (sulfide) groups is 1. The van der Waals surface area contributed by atoms with Gasteiger partial charge in [-0.25, -0.2) is 0 Å². The van der Waals surface area contributed by atoms with E-state index in [2.05, 4.69) is 20.4 Å². The Morgan fingerprint density at radius 1 is 1.12 bits per heavy atom. The highest BCUT2D eigenvalue weighted by molar-refractivity contribution is 8.01. The molecule has 1 aromatic heterocycles. The predicted octanol–water partition coefficient (Wildman–Crippen LogP) is 1.37. The average Bonchev–Trinajstić information content (AvgIpc) is 3.31. The number of carbonyl (C=O) groups excluding carboxylic acids is 2. The maximum Gasteiger partial charge on any atom is 0.257 e. The number of para-hydroxylation sites is 1. The maximum atomic E-state index is 13.0. The van der Waals surface area contributed by atoms with Crippen molar-refractivity contribution in [3.63, 3.8) is 0 Å². The molecule has 1 fully saturated rings. The van der Waals surface area contributed by atoms with Crippen LogP contribution in [0, 0.1) is 0 Å². The number of amides is 2. The van der Waals surface area contributed by atoms with Gasteiger partial charge in [0.1, 0.15) is 0 Å². The summed E-state index contributed by atoms with van der Waals surface area (Å²) < 4.78 is 16.4. The molecule has 174 valence electrons. The van der Waals surface area contributed by atoms with E-state index in [4.69, 9.17) is 14.2 Å². The zero-order valence-corrected chi connectivity index (χ0v) is 20.0. The highest BCUT2D eigenvalue weighted by Gasteiger charge is 2.27. The number of carbonyl (C=O) groups is 2. The first-order valence-electron chi connectivity index (χ1n) is 10.0. The van der Waals surface area contributed by atoms with E-state index in [1.165, 1.54) is 30.2 Å². The molecule has 10 nitrogen and oxygen atoms in total. The number of rotatable bonds is 10. The van der Waals surface area contributed by atoms with Crippen LogP contribution in [-0.4, -0.2) is 93.3 Å². The summed E-state index contributed by atoms with van der Waals surface area (Å²) in [6.45, 7) is 3.39. The van der Waals surface area contributed by atoms with Gasteiger partial charge in [-0.1, -0.05) is 29.2 Å². The quantitative estimate of drug-likeness (QED) is 0.398. The van der Waals surface area contributed by atoms with Crippen LogP contribution in [-0.2, 0) is 9.53 Å². The standard InChI is InChI=1S/C20H27N5O5S2/c1-28-12-7-21-16(26)13-31-20-23-22-19(32-20)25-10-8-24(9-11-25)18(27)14-5-4-6-15(29-2)17(14)30-3/h4-6H,7-13H2,1-3H3,(H,21,26). The van der Waals surface area contributed by atoms with Gasteiger partial charge in [-0.05, 0) is 12.1 Å². The second-order valence-electron chi connectivity index (χ2n) is 6.80. The summed E-state index contributed by atoms with van der Waals surface area (Å²) in [5, 5.41) is 12.0. The number of aromatic nitrogens is 2. The molecule has 0 spiro atoms. The fourth-order valence-electron chi connectivity index (χ4n) is 3.19. The van der Waals surface area contributed by atoms with Crippen molar-refractivity contribution in [3.8, 4) is 11.5 Å². The second-order valence-corrected chi connectivity index (χ2v) is 8.98. The van der Waals surface area contributed by atoms with Gasteiger partial charge < -0.3 is 29.3 Å². The van der Waals surface area contributed by atoms with Crippen molar-refractivity contribution in [2.24, 2.45) is 0 Å². The Morgan fingerprint density at radius 3 is 2.59 bits per heavy atom. The lowest BCUT2D eigenvalue weighted by Gasteiger charge is -2.34. The summed E-state index contributed by atoms with van der Waals surface area (Å²) in [5.41, 5.74) is 0.485. The Hall–Kier alpha value is -2.57. The molecule has 1 aliphatic heterocycles. The Bertz CT molecular complexity index is 918. The van der Waals surface area contributed by atoms with Gasteiger partial charge in [-0.15, -0.1) is 10.2 Å². The molecule has 0 saturated carbocycles. The van der Waals surface area contributed by atoms with E-state index in [0.717, 1.165) is 9.47 Å². The summed E-state index contributed by atoms with van der Waals surface area (Å²) in [5.74, 6) is 1.10. The van der Waals surface area contributed by atoms with E-state index in [-0.39, 0.29) is 17.6 Å². The van der Waals surface area contributed by atoms with Gasteiger partial charge in [0.25, 0.3) is 5.91 Å². The Kier molecular flexibility index (Phi) is 8.94.